The van der Waals surface area contributed by atoms with Crippen LogP contribution < -0.4 is 0 Å². The molecule has 0 aliphatic heterocycles. The van der Waals surface area contributed by atoms with Crippen molar-refractivity contribution >= 4 is 5.97 Å². The first kappa shape index (κ1) is 19.5. The number of nitrogens with zero attached hydrogens (tertiary/aromatic N) is 3. The maximum absolute atomic E-state index is 13.5. The van der Waals surface area contributed by atoms with E-state index >= 15 is 0 Å². The highest BCUT2D eigenvalue weighted by molar-refractivity contribution is 5.86. The van der Waals surface area contributed by atoms with Crippen LogP contribution in [0.3, 0.4) is 0 Å². The lowest BCUT2D eigenvalue weighted by Gasteiger charge is -2.22. The molecule has 0 spiro atoms. The van der Waals surface area contributed by atoms with Crippen molar-refractivity contribution in [2.45, 2.75) is 45.8 Å². The number of hydrogen-bond acceptors (Lipinski definition) is 3. The van der Waals surface area contributed by atoms with E-state index in [1.807, 2.05) is 0 Å². The molecule has 0 saturated heterocycles. The lowest BCUT2D eigenvalue weighted by atomic mass is 9.95. The highest BCUT2D eigenvalue weighted by atomic mass is 19.4. The highest BCUT2D eigenvalue weighted by Crippen LogP contribution is 2.36. The molecule has 8 heteroatoms. The molecule has 0 atom stereocenters. The average Bonchev–Trinajstić information content (AvgIpc) is 2.83. The summed E-state index contributed by atoms with van der Waals surface area (Å²) in [5, 5.41) is 18.3. The van der Waals surface area contributed by atoms with Crippen LogP contribution in [0.15, 0.2) is 18.2 Å². The number of aromatic carboxylic acids is 1. The zero-order valence-corrected chi connectivity index (χ0v) is 14.8. The van der Waals surface area contributed by atoms with Crippen molar-refractivity contribution in [3.05, 3.63) is 52.1 Å². The molecule has 0 saturated carbocycles. The van der Waals surface area contributed by atoms with Gasteiger partial charge in [-0.05, 0) is 18.6 Å². The summed E-state index contributed by atoms with van der Waals surface area (Å²) in [5.41, 5.74) is -2.10. The van der Waals surface area contributed by atoms with E-state index in [9.17, 15) is 23.1 Å². The number of nitriles is 1. The topological polar surface area (TPSA) is 78.9 Å². The van der Waals surface area contributed by atoms with E-state index in [0.29, 0.717) is 5.82 Å². The third kappa shape index (κ3) is 3.57. The standard InChI is InChI=1S/C18H18F3N3O2/c1-10-14(15(25)26)23-16(17(2,3)4)24(10)9-12-7-5-6-11(8-22)13(12)18(19,20)21/h5-7H,9H2,1-4H3,(H,25,26). The molecule has 2 rings (SSSR count). The summed E-state index contributed by atoms with van der Waals surface area (Å²) < 4.78 is 42.0. The maximum Gasteiger partial charge on any atom is 0.418 e. The summed E-state index contributed by atoms with van der Waals surface area (Å²) in [6.45, 7) is 6.67. The van der Waals surface area contributed by atoms with Gasteiger partial charge in [0.25, 0.3) is 0 Å². The first-order valence-corrected chi connectivity index (χ1v) is 7.78. The number of carboxylic acid groups (broad SMARTS) is 1. The van der Waals surface area contributed by atoms with Crippen molar-refractivity contribution < 1.29 is 23.1 Å². The molecule has 1 N–H and O–H groups in total. The predicted octanol–water partition coefficient (Wildman–Crippen LogP) is 4.13. The maximum atomic E-state index is 13.5. The van der Waals surface area contributed by atoms with Gasteiger partial charge >= 0.3 is 12.1 Å². The van der Waals surface area contributed by atoms with Gasteiger partial charge in [-0.15, -0.1) is 0 Å². The first-order valence-electron chi connectivity index (χ1n) is 7.78. The molecule has 138 valence electrons. The molecule has 0 fully saturated rings. The smallest absolute Gasteiger partial charge is 0.418 e. The summed E-state index contributed by atoms with van der Waals surface area (Å²) in [6.07, 6.45) is -4.70. The minimum absolute atomic E-state index is 0.112. The Morgan fingerprint density at radius 2 is 1.92 bits per heavy atom. The Morgan fingerprint density at radius 3 is 2.38 bits per heavy atom. The second-order valence-electron chi connectivity index (χ2n) is 6.96. The van der Waals surface area contributed by atoms with Gasteiger partial charge in [0.15, 0.2) is 5.69 Å². The van der Waals surface area contributed by atoms with Crippen LogP contribution in [0.25, 0.3) is 0 Å². The first-order chi connectivity index (χ1) is 11.9. The average molecular weight is 365 g/mol. The molecular weight excluding hydrogens is 347 g/mol. The minimum atomic E-state index is -4.70. The zero-order chi connectivity index (χ0) is 19.9. The van der Waals surface area contributed by atoms with Crippen LogP contribution in [0, 0.1) is 18.3 Å². The Bertz CT molecular complexity index is 900. The second kappa shape index (κ2) is 6.48. The summed E-state index contributed by atoms with van der Waals surface area (Å²) in [7, 11) is 0. The number of imidazole rings is 1. The van der Waals surface area contributed by atoms with E-state index in [1.165, 1.54) is 23.6 Å². The van der Waals surface area contributed by atoms with Crippen LogP contribution in [0.4, 0.5) is 13.2 Å². The molecule has 1 aromatic carbocycles. The van der Waals surface area contributed by atoms with Gasteiger partial charge in [0.1, 0.15) is 5.82 Å². The molecule has 0 bridgehead atoms. The van der Waals surface area contributed by atoms with Gasteiger partial charge in [-0.1, -0.05) is 32.9 Å². The minimum Gasteiger partial charge on any atom is -0.476 e. The molecule has 0 amide bonds. The second-order valence-corrected chi connectivity index (χ2v) is 6.96. The van der Waals surface area contributed by atoms with Gasteiger partial charge in [0.05, 0.1) is 17.2 Å². The van der Waals surface area contributed by atoms with Crippen molar-refractivity contribution in [1.82, 2.24) is 9.55 Å². The number of carbonyl (C=O) groups is 1. The molecule has 0 unspecified atom stereocenters. The zero-order valence-electron chi connectivity index (χ0n) is 14.8. The van der Waals surface area contributed by atoms with Crippen molar-refractivity contribution in [2.75, 3.05) is 0 Å². The highest BCUT2D eigenvalue weighted by Gasteiger charge is 2.37. The lowest BCUT2D eigenvalue weighted by molar-refractivity contribution is -0.138. The molecule has 5 nitrogen and oxygen atoms in total. The van der Waals surface area contributed by atoms with Gasteiger partial charge in [-0.25, -0.2) is 9.78 Å². The van der Waals surface area contributed by atoms with Crippen molar-refractivity contribution in [1.29, 1.82) is 5.26 Å². The fraction of sp³-hybridized carbons (Fsp3) is 0.389. The number of halogens is 3. The molecule has 1 heterocycles. The third-order valence-electron chi connectivity index (χ3n) is 3.98. The van der Waals surface area contributed by atoms with Gasteiger partial charge in [-0.2, -0.15) is 18.4 Å². The van der Waals surface area contributed by atoms with Gasteiger partial charge < -0.3 is 9.67 Å². The number of alkyl halides is 3. The van der Waals surface area contributed by atoms with E-state index < -0.39 is 28.7 Å². The molecule has 1 aromatic heterocycles. The number of benzene rings is 1. The number of aromatic nitrogens is 2. The Kier molecular flexibility index (Phi) is 4.86. The van der Waals surface area contributed by atoms with Crippen molar-refractivity contribution in [3.63, 3.8) is 0 Å². The Labute approximate surface area is 148 Å². The Morgan fingerprint density at radius 1 is 1.31 bits per heavy atom. The summed E-state index contributed by atoms with van der Waals surface area (Å²) in [5.74, 6) is -0.878. The Balaban J connectivity index is 2.71. The van der Waals surface area contributed by atoms with Crippen LogP contribution in [-0.4, -0.2) is 20.6 Å². The van der Waals surface area contributed by atoms with Crippen LogP contribution in [0.5, 0.6) is 0 Å². The molecule has 2 aromatic rings. The number of hydrogen-bond donors (Lipinski definition) is 1. The van der Waals surface area contributed by atoms with Crippen molar-refractivity contribution in [3.8, 4) is 6.07 Å². The van der Waals surface area contributed by atoms with Crippen LogP contribution >= 0.6 is 0 Å². The predicted molar refractivity (Wildman–Crippen MR) is 87.9 cm³/mol. The molecule has 0 radical (unpaired) electrons. The fourth-order valence-electron chi connectivity index (χ4n) is 2.83. The van der Waals surface area contributed by atoms with Crippen LogP contribution in [0.2, 0.25) is 0 Å². The molecule has 0 aliphatic rings. The van der Waals surface area contributed by atoms with E-state index in [4.69, 9.17) is 5.26 Å². The quantitative estimate of drug-likeness (QED) is 0.887. The van der Waals surface area contributed by atoms with E-state index in [0.717, 1.165) is 6.07 Å². The number of rotatable bonds is 3. The van der Waals surface area contributed by atoms with E-state index in [-0.39, 0.29) is 23.5 Å². The monoisotopic (exact) mass is 365 g/mol. The van der Waals surface area contributed by atoms with Gasteiger partial charge in [-0.3, -0.25) is 0 Å². The van der Waals surface area contributed by atoms with Gasteiger partial charge in [0.2, 0.25) is 0 Å². The Hall–Kier alpha value is -2.82. The SMILES string of the molecule is Cc1c(C(=O)O)nc(C(C)(C)C)n1Cc1cccc(C#N)c1C(F)(F)F. The molecule has 0 aliphatic carbocycles. The fourth-order valence-corrected chi connectivity index (χ4v) is 2.83. The normalized spacial score (nSPS) is 12.1. The lowest BCUT2D eigenvalue weighted by Crippen LogP contribution is -2.21. The molecule has 26 heavy (non-hydrogen) atoms. The van der Waals surface area contributed by atoms with Gasteiger partial charge in [0, 0.05) is 17.7 Å². The summed E-state index contributed by atoms with van der Waals surface area (Å²) >= 11 is 0. The third-order valence-corrected chi connectivity index (χ3v) is 3.98. The summed E-state index contributed by atoms with van der Waals surface area (Å²) in [6, 6.07) is 5.35. The van der Waals surface area contributed by atoms with Crippen LogP contribution in [-0.2, 0) is 18.1 Å². The summed E-state index contributed by atoms with van der Waals surface area (Å²) in [4.78, 5) is 15.5. The molecular formula is C18H18F3N3O2. The van der Waals surface area contributed by atoms with Crippen LogP contribution in [0.1, 0.15) is 59.5 Å². The number of carboxylic acids is 1. The van der Waals surface area contributed by atoms with E-state index in [1.54, 1.807) is 26.8 Å². The van der Waals surface area contributed by atoms with E-state index in [2.05, 4.69) is 4.98 Å². The largest absolute Gasteiger partial charge is 0.476 e. The van der Waals surface area contributed by atoms with Crippen molar-refractivity contribution in [2.24, 2.45) is 0 Å².